The molecule has 17 heavy (non-hydrogen) atoms. The maximum Gasteiger partial charge on any atom is 0.261 e. The predicted octanol–water partition coefficient (Wildman–Crippen LogP) is 2.34. The molecule has 1 aliphatic rings. The van der Waals surface area contributed by atoms with Gasteiger partial charge in [-0.25, -0.2) is 0 Å². The van der Waals surface area contributed by atoms with E-state index in [1.807, 2.05) is 12.1 Å². The van der Waals surface area contributed by atoms with Crippen LogP contribution in [0.5, 0.6) is 0 Å². The SMILES string of the molecule is CCc1ccc(C(=O)NC2CCCCC2O)s1. The van der Waals surface area contributed by atoms with E-state index in [1.165, 1.54) is 16.2 Å². The lowest BCUT2D eigenvalue weighted by atomic mass is 9.92. The number of aryl methyl sites for hydroxylation is 1. The first-order valence-electron chi connectivity index (χ1n) is 6.28. The van der Waals surface area contributed by atoms with Crippen LogP contribution in [0.2, 0.25) is 0 Å². The molecule has 2 N–H and O–H groups in total. The zero-order valence-corrected chi connectivity index (χ0v) is 10.9. The van der Waals surface area contributed by atoms with Crippen molar-refractivity contribution < 1.29 is 9.90 Å². The number of nitrogens with one attached hydrogen (secondary N) is 1. The normalized spacial score (nSPS) is 24.6. The van der Waals surface area contributed by atoms with E-state index < -0.39 is 0 Å². The molecule has 0 aliphatic heterocycles. The van der Waals surface area contributed by atoms with Gasteiger partial charge in [0.15, 0.2) is 0 Å². The van der Waals surface area contributed by atoms with Crippen molar-refractivity contribution in [1.29, 1.82) is 0 Å². The lowest BCUT2D eigenvalue weighted by molar-refractivity contribution is 0.0720. The lowest BCUT2D eigenvalue weighted by Gasteiger charge is -2.28. The monoisotopic (exact) mass is 253 g/mol. The zero-order valence-electron chi connectivity index (χ0n) is 10.1. The number of hydrogen-bond donors (Lipinski definition) is 2. The highest BCUT2D eigenvalue weighted by molar-refractivity contribution is 7.14. The van der Waals surface area contributed by atoms with Gasteiger partial charge in [0.25, 0.3) is 5.91 Å². The molecule has 0 radical (unpaired) electrons. The van der Waals surface area contributed by atoms with E-state index in [0.717, 1.165) is 37.0 Å². The fourth-order valence-electron chi connectivity index (χ4n) is 2.21. The molecule has 1 fully saturated rings. The van der Waals surface area contributed by atoms with Crippen molar-refractivity contribution in [3.05, 3.63) is 21.9 Å². The highest BCUT2D eigenvalue weighted by Crippen LogP contribution is 2.21. The third-order valence-corrected chi connectivity index (χ3v) is 4.51. The molecule has 1 amide bonds. The Morgan fingerprint density at radius 1 is 1.47 bits per heavy atom. The molecule has 1 heterocycles. The average Bonchev–Trinajstić information content (AvgIpc) is 2.81. The maximum absolute atomic E-state index is 12.0. The fraction of sp³-hybridized carbons (Fsp3) is 0.615. The van der Waals surface area contributed by atoms with Gasteiger partial charge in [0.05, 0.1) is 17.0 Å². The average molecular weight is 253 g/mol. The molecule has 1 aromatic heterocycles. The smallest absolute Gasteiger partial charge is 0.261 e. The molecule has 4 heteroatoms. The van der Waals surface area contributed by atoms with Crippen molar-refractivity contribution in [3.8, 4) is 0 Å². The van der Waals surface area contributed by atoms with E-state index in [9.17, 15) is 9.90 Å². The minimum Gasteiger partial charge on any atom is -0.391 e. The molecule has 94 valence electrons. The van der Waals surface area contributed by atoms with Crippen molar-refractivity contribution in [3.63, 3.8) is 0 Å². The first-order valence-corrected chi connectivity index (χ1v) is 7.10. The van der Waals surface area contributed by atoms with Crippen molar-refractivity contribution in [2.24, 2.45) is 0 Å². The van der Waals surface area contributed by atoms with Gasteiger partial charge < -0.3 is 10.4 Å². The van der Waals surface area contributed by atoms with E-state index in [1.54, 1.807) is 0 Å². The number of aliphatic hydroxyl groups is 1. The Labute approximate surface area is 106 Å². The van der Waals surface area contributed by atoms with Crippen LogP contribution in [0, 0.1) is 0 Å². The van der Waals surface area contributed by atoms with Crippen LogP contribution in [0.3, 0.4) is 0 Å². The van der Waals surface area contributed by atoms with Crippen LogP contribution in [0.1, 0.15) is 47.2 Å². The molecule has 0 bridgehead atoms. The first-order chi connectivity index (χ1) is 8.20. The Morgan fingerprint density at radius 3 is 2.88 bits per heavy atom. The second-order valence-corrected chi connectivity index (χ2v) is 5.72. The fourth-order valence-corrected chi connectivity index (χ4v) is 3.06. The zero-order chi connectivity index (χ0) is 12.3. The van der Waals surface area contributed by atoms with Gasteiger partial charge in [-0.15, -0.1) is 11.3 Å². The van der Waals surface area contributed by atoms with E-state index in [-0.39, 0.29) is 18.1 Å². The summed E-state index contributed by atoms with van der Waals surface area (Å²) < 4.78 is 0. The third-order valence-electron chi connectivity index (χ3n) is 3.28. The van der Waals surface area contributed by atoms with Gasteiger partial charge in [-0.1, -0.05) is 19.8 Å². The van der Waals surface area contributed by atoms with Crippen LogP contribution >= 0.6 is 11.3 Å². The Kier molecular flexibility index (Phi) is 4.18. The number of hydrogen-bond acceptors (Lipinski definition) is 3. The molecule has 1 aromatic rings. The van der Waals surface area contributed by atoms with Crippen LogP contribution in [0.15, 0.2) is 12.1 Å². The molecule has 0 saturated heterocycles. The predicted molar refractivity (Wildman–Crippen MR) is 69.4 cm³/mol. The largest absolute Gasteiger partial charge is 0.391 e. The molecular formula is C13H19NO2S. The lowest BCUT2D eigenvalue weighted by Crippen LogP contribution is -2.44. The quantitative estimate of drug-likeness (QED) is 0.868. The topological polar surface area (TPSA) is 49.3 Å². The minimum atomic E-state index is -0.377. The summed E-state index contributed by atoms with van der Waals surface area (Å²) >= 11 is 1.54. The highest BCUT2D eigenvalue weighted by atomic mass is 32.1. The van der Waals surface area contributed by atoms with Gasteiger partial charge in [-0.2, -0.15) is 0 Å². The van der Waals surface area contributed by atoms with Gasteiger partial charge in [0, 0.05) is 4.88 Å². The molecule has 3 nitrogen and oxygen atoms in total. The van der Waals surface area contributed by atoms with E-state index in [2.05, 4.69) is 12.2 Å². The molecule has 2 rings (SSSR count). The molecule has 0 spiro atoms. The molecular weight excluding hydrogens is 234 g/mol. The van der Waals surface area contributed by atoms with Crippen molar-refractivity contribution in [1.82, 2.24) is 5.32 Å². The van der Waals surface area contributed by atoms with Crippen LogP contribution < -0.4 is 5.32 Å². The second kappa shape index (κ2) is 5.65. The number of carbonyl (C=O) groups excluding carboxylic acids is 1. The highest BCUT2D eigenvalue weighted by Gasteiger charge is 2.25. The van der Waals surface area contributed by atoms with E-state index in [0.29, 0.717) is 0 Å². The van der Waals surface area contributed by atoms with Gasteiger partial charge >= 0.3 is 0 Å². The summed E-state index contributed by atoms with van der Waals surface area (Å²) in [7, 11) is 0. The summed E-state index contributed by atoms with van der Waals surface area (Å²) in [5, 5.41) is 12.7. The Balaban J connectivity index is 1.96. The van der Waals surface area contributed by atoms with Crippen molar-refractivity contribution >= 4 is 17.2 Å². The van der Waals surface area contributed by atoms with Crippen LogP contribution in [-0.4, -0.2) is 23.2 Å². The van der Waals surface area contributed by atoms with Gasteiger partial charge in [0.1, 0.15) is 0 Å². The summed E-state index contributed by atoms with van der Waals surface area (Å²) in [5.41, 5.74) is 0. The molecule has 0 aromatic carbocycles. The summed E-state index contributed by atoms with van der Waals surface area (Å²) in [6.45, 7) is 2.08. The number of rotatable bonds is 3. The van der Waals surface area contributed by atoms with Crippen molar-refractivity contribution in [2.45, 2.75) is 51.2 Å². The van der Waals surface area contributed by atoms with Gasteiger partial charge in [0.2, 0.25) is 0 Å². The van der Waals surface area contributed by atoms with Crippen LogP contribution in [0.25, 0.3) is 0 Å². The first kappa shape index (κ1) is 12.6. The third kappa shape index (κ3) is 3.07. The summed E-state index contributed by atoms with van der Waals surface area (Å²) in [6, 6.07) is 3.80. The Morgan fingerprint density at radius 2 is 2.24 bits per heavy atom. The molecule has 1 saturated carbocycles. The Bertz CT molecular complexity index is 389. The summed E-state index contributed by atoms with van der Waals surface area (Å²) in [6.07, 6.45) is 4.43. The number of aliphatic hydroxyl groups excluding tert-OH is 1. The van der Waals surface area contributed by atoms with Crippen LogP contribution in [-0.2, 0) is 6.42 Å². The van der Waals surface area contributed by atoms with Crippen LogP contribution in [0.4, 0.5) is 0 Å². The van der Waals surface area contributed by atoms with E-state index >= 15 is 0 Å². The molecule has 2 unspecified atom stereocenters. The van der Waals surface area contributed by atoms with E-state index in [4.69, 9.17) is 0 Å². The Hall–Kier alpha value is -0.870. The van der Waals surface area contributed by atoms with Crippen molar-refractivity contribution in [2.75, 3.05) is 0 Å². The summed E-state index contributed by atoms with van der Waals surface area (Å²) in [4.78, 5) is 13.9. The number of thiophene rings is 1. The second-order valence-electron chi connectivity index (χ2n) is 4.55. The van der Waals surface area contributed by atoms with Gasteiger partial charge in [-0.05, 0) is 31.4 Å². The molecule has 2 atom stereocenters. The number of amides is 1. The number of carbonyl (C=O) groups is 1. The summed E-state index contributed by atoms with van der Waals surface area (Å²) in [5.74, 6) is -0.0411. The minimum absolute atomic E-state index is 0.0411. The standard InChI is InChI=1S/C13H19NO2S/c1-2-9-7-8-12(17-9)13(16)14-10-5-3-4-6-11(10)15/h7-8,10-11,15H,2-6H2,1H3,(H,14,16). The molecule has 1 aliphatic carbocycles. The van der Waals surface area contributed by atoms with Gasteiger partial charge in [-0.3, -0.25) is 4.79 Å². The maximum atomic E-state index is 12.0.